The highest BCUT2D eigenvalue weighted by molar-refractivity contribution is 7.85. The molecule has 5 N–H and O–H groups in total. The maximum Gasteiger partial charge on any atom is 0.314 e. The third-order valence-electron chi connectivity index (χ3n) is 11.5. The number of hydrogen-bond acceptors (Lipinski definition) is 20. The predicted octanol–water partition coefficient (Wildman–Crippen LogP) is 3.68. The average molecular weight is 1220 g/mol. The number of benzene rings is 1. The highest BCUT2D eigenvalue weighted by Crippen LogP contribution is 2.35. The van der Waals surface area contributed by atoms with Gasteiger partial charge in [-0.25, -0.2) is 18.6 Å². The van der Waals surface area contributed by atoms with Gasteiger partial charge in [0.25, 0.3) is 5.91 Å². The smallest absolute Gasteiger partial charge is 0.314 e. The van der Waals surface area contributed by atoms with Crippen LogP contribution in [0.5, 0.6) is 5.75 Å². The summed E-state index contributed by atoms with van der Waals surface area (Å²) in [5, 5.41) is 6.69. The first-order valence-electron chi connectivity index (χ1n) is 26.9. The zero-order valence-electron chi connectivity index (χ0n) is 46.3. The maximum atomic E-state index is 14.0. The minimum atomic E-state index is -5.65. The first kappa shape index (κ1) is 69.6. The summed E-state index contributed by atoms with van der Waals surface area (Å²) in [5.74, 6) is -12.5. The van der Waals surface area contributed by atoms with E-state index in [0.717, 1.165) is 21.7 Å². The Morgan fingerprint density at radius 1 is 0.671 bits per heavy atom. The van der Waals surface area contributed by atoms with E-state index < -0.39 is 56.4 Å². The van der Waals surface area contributed by atoms with Crippen molar-refractivity contribution < 1.29 is 107 Å². The first-order valence-corrected chi connectivity index (χ1v) is 29.1. The van der Waals surface area contributed by atoms with Gasteiger partial charge in [0, 0.05) is 60.2 Å². The van der Waals surface area contributed by atoms with Crippen molar-refractivity contribution >= 4 is 57.4 Å². The van der Waals surface area contributed by atoms with Gasteiger partial charge >= 0.3 is 22.1 Å². The van der Waals surface area contributed by atoms with Crippen molar-refractivity contribution in [3.8, 4) is 5.75 Å². The monoisotopic (exact) mass is 1220 g/mol. The van der Waals surface area contributed by atoms with E-state index in [2.05, 4.69) is 21.4 Å². The number of thiophene rings is 1. The van der Waals surface area contributed by atoms with E-state index in [-0.39, 0.29) is 64.0 Å². The van der Waals surface area contributed by atoms with Crippen LogP contribution in [0.4, 0.5) is 22.4 Å². The van der Waals surface area contributed by atoms with Gasteiger partial charge in [-0.1, -0.05) is 6.92 Å². The summed E-state index contributed by atoms with van der Waals surface area (Å²) >= 11 is 1.62. The average Bonchev–Trinajstić information content (AvgIpc) is 2.98. The number of carbonyl (C=O) groups is 4. The molecular formula is C52H77F4N5O19S2. The van der Waals surface area contributed by atoms with Crippen LogP contribution in [0.15, 0.2) is 22.2 Å². The zero-order chi connectivity index (χ0) is 59.5. The van der Waals surface area contributed by atoms with Crippen LogP contribution < -0.4 is 21.1 Å². The fraction of sp³-hybridized carbons (Fsp3) is 0.654. The molecule has 1 aliphatic carbocycles. The molecule has 1 aromatic carbocycles. The van der Waals surface area contributed by atoms with Gasteiger partial charge in [0.2, 0.25) is 23.3 Å². The normalized spacial score (nSPS) is 13.5. The lowest BCUT2D eigenvalue weighted by molar-refractivity contribution is -0.181. The minimum absolute atomic E-state index is 0.0166. The van der Waals surface area contributed by atoms with E-state index in [1.165, 1.54) is 5.06 Å². The number of likely N-dealkylation sites (tertiary alicyclic amines) is 1. The zero-order valence-corrected chi connectivity index (χ0v) is 48.0. The van der Waals surface area contributed by atoms with Crippen molar-refractivity contribution in [2.45, 2.75) is 50.8 Å². The van der Waals surface area contributed by atoms with Gasteiger partial charge in [-0.05, 0) is 49.5 Å². The van der Waals surface area contributed by atoms with Crippen molar-refractivity contribution in [3.05, 3.63) is 55.9 Å². The Morgan fingerprint density at radius 3 is 1.59 bits per heavy atom. The summed E-state index contributed by atoms with van der Waals surface area (Å²) in [5.41, 5.74) is 8.44. The summed E-state index contributed by atoms with van der Waals surface area (Å²) in [7, 11) is -5.65. The quantitative estimate of drug-likeness (QED) is 0.0140. The van der Waals surface area contributed by atoms with Crippen LogP contribution in [0, 0.1) is 29.2 Å². The number of rotatable bonds is 45. The summed E-state index contributed by atoms with van der Waals surface area (Å²) in [6.07, 6.45) is 5.33. The molecule has 1 fully saturated rings. The van der Waals surface area contributed by atoms with Crippen molar-refractivity contribution in [2.75, 3.05) is 171 Å². The van der Waals surface area contributed by atoms with E-state index in [1.54, 1.807) is 11.3 Å². The number of allylic oxidation sites excluding steroid dienone is 1. The molecule has 82 heavy (non-hydrogen) atoms. The number of hydroxylamine groups is 2. The summed E-state index contributed by atoms with van der Waals surface area (Å²) < 4.78 is 145. The largest absolute Gasteiger partial charge is 0.420 e. The van der Waals surface area contributed by atoms with Gasteiger partial charge in [0.05, 0.1) is 152 Å². The molecule has 0 bridgehead atoms. The molecule has 0 unspecified atom stereocenters. The lowest BCUT2D eigenvalue weighted by atomic mass is 9.95. The third-order valence-corrected chi connectivity index (χ3v) is 13.5. The number of urea groups is 1. The summed E-state index contributed by atoms with van der Waals surface area (Å²) in [6.45, 7) is 12.4. The number of carbonyl (C=O) groups excluding carboxylic acids is 4. The standard InChI is InChI=1S/C52H77F4N5O19S2/c1-3-8-61(79-11-7-59-52(65)58-4-2)51(64)39-32-40(57)31-38-33-41(81-42(38)34-39)30-37-35-60(36-37)43(62)5-9-69-12-14-71-16-18-73-20-22-75-24-26-77-28-29-78-27-25-76-23-21-74-19-17-72-15-13-70-10-6-44(63)80-49-45(53)47(55)50(82(66,67)68)48(56)46(49)54/h31,33-34,37H,3-30,32,35-36,57H2,1-2H3,(H2,58,59,65)(H,66,67,68). The molecule has 30 heteroatoms. The van der Waals surface area contributed by atoms with E-state index in [9.17, 15) is 45.2 Å². The fourth-order valence-electron chi connectivity index (χ4n) is 7.56. The Balaban J connectivity index is 0.857. The van der Waals surface area contributed by atoms with E-state index >= 15 is 0 Å². The van der Waals surface area contributed by atoms with Crippen LogP contribution in [0.2, 0.25) is 0 Å². The van der Waals surface area contributed by atoms with Crippen LogP contribution in [0.3, 0.4) is 0 Å². The van der Waals surface area contributed by atoms with Gasteiger partial charge in [-0.15, -0.1) is 11.3 Å². The van der Waals surface area contributed by atoms with E-state index in [0.29, 0.717) is 162 Å². The second-order valence-corrected chi connectivity index (χ2v) is 20.5. The third kappa shape index (κ3) is 26.3. The minimum Gasteiger partial charge on any atom is -0.420 e. The summed E-state index contributed by atoms with van der Waals surface area (Å²) in [6, 6.07) is 1.82. The molecule has 1 aliphatic heterocycles. The lowest BCUT2D eigenvalue weighted by Crippen LogP contribution is -2.50. The maximum absolute atomic E-state index is 14.0. The van der Waals surface area contributed by atoms with Crippen LogP contribution in [-0.4, -0.2) is 218 Å². The van der Waals surface area contributed by atoms with Crippen molar-refractivity contribution in [3.63, 3.8) is 0 Å². The van der Waals surface area contributed by atoms with Crippen molar-refractivity contribution in [1.29, 1.82) is 0 Å². The van der Waals surface area contributed by atoms with E-state index in [4.69, 9.17) is 62.5 Å². The molecule has 0 saturated carbocycles. The van der Waals surface area contributed by atoms with Crippen molar-refractivity contribution in [2.24, 2.45) is 11.7 Å². The molecule has 0 atom stereocenters. The number of nitrogens with two attached hydrogens (primary N) is 1. The molecule has 24 nitrogen and oxygen atoms in total. The Hall–Kier alpha value is -4.93. The fourth-order valence-corrected chi connectivity index (χ4v) is 9.42. The Kier molecular flexibility index (Phi) is 33.6. The second kappa shape index (κ2) is 39.6. The number of esters is 1. The molecule has 2 aliphatic rings. The number of nitrogens with zero attached hydrogens (tertiary/aromatic N) is 2. The number of fused-ring (bicyclic) bond motifs is 1. The number of ether oxygens (including phenoxy) is 11. The molecule has 464 valence electrons. The molecule has 1 saturated heterocycles. The lowest BCUT2D eigenvalue weighted by Gasteiger charge is -2.39. The Labute approximate surface area is 478 Å². The molecular weight excluding hydrogens is 1140 g/mol. The highest BCUT2D eigenvalue weighted by Gasteiger charge is 2.35. The van der Waals surface area contributed by atoms with Gasteiger partial charge < -0.3 is 73.4 Å². The molecule has 4 amide bonds. The molecule has 1 aromatic heterocycles. The molecule has 2 heterocycles. The van der Waals surface area contributed by atoms with Gasteiger partial charge in [0.1, 0.15) is 0 Å². The van der Waals surface area contributed by atoms with Gasteiger partial charge in [-0.2, -0.15) is 17.2 Å². The van der Waals surface area contributed by atoms with Crippen LogP contribution in [0.1, 0.15) is 54.8 Å². The predicted molar refractivity (Wildman–Crippen MR) is 287 cm³/mol. The van der Waals surface area contributed by atoms with Crippen molar-refractivity contribution in [1.82, 2.24) is 20.6 Å². The van der Waals surface area contributed by atoms with Crippen LogP contribution >= 0.6 is 11.3 Å². The Bertz CT molecular complexity index is 2420. The number of halogens is 4. The number of hydrogen-bond donors (Lipinski definition) is 4. The molecule has 0 radical (unpaired) electrons. The number of nitrogens with one attached hydrogen (secondary N) is 2. The highest BCUT2D eigenvalue weighted by atomic mass is 32.2. The van der Waals surface area contributed by atoms with Gasteiger partial charge in [0.15, 0.2) is 16.5 Å². The molecule has 2 aromatic rings. The van der Waals surface area contributed by atoms with Crippen LogP contribution in [-0.2, 0) is 83.1 Å². The number of amides is 4. The molecule has 4 rings (SSSR count). The van der Waals surface area contributed by atoms with E-state index in [1.807, 2.05) is 30.9 Å². The SMILES string of the molecule is CCCN(OCCNC(=O)NCC)C(=O)C1=Cc2sc(CC3CN(C(=O)CCOCCOCCOCCOCCOCCOCCOCCOCCOCCOCCC(=O)Oc4c(F)c(F)c(S(=O)(=O)O)c(F)c4F)C3)cc2C=C(N)C1. The van der Waals surface area contributed by atoms with Crippen LogP contribution in [0.25, 0.3) is 12.2 Å². The first-order chi connectivity index (χ1) is 39.5. The topological polar surface area (TPSA) is 290 Å². The summed E-state index contributed by atoms with van der Waals surface area (Å²) in [4.78, 5) is 57.3. The Morgan fingerprint density at radius 2 is 1.13 bits per heavy atom. The second-order valence-electron chi connectivity index (χ2n) is 18.0. The van der Waals surface area contributed by atoms with Gasteiger partial charge in [-0.3, -0.25) is 23.8 Å². The molecule has 0 spiro atoms.